The van der Waals surface area contributed by atoms with E-state index in [0.29, 0.717) is 17.8 Å². The van der Waals surface area contributed by atoms with Gasteiger partial charge in [-0.15, -0.1) is 10.3 Å². The van der Waals surface area contributed by atoms with E-state index < -0.39 is 16.6 Å². The zero-order valence-electron chi connectivity index (χ0n) is 28.4. The summed E-state index contributed by atoms with van der Waals surface area (Å²) >= 11 is 0. The molecule has 248 valence electrons. The number of benzene rings is 6. The number of rotatable bonds is 14. The number of Topliss-reactive ketones (excluding diaryl/α,β-unsaturated/α-hetero) is 1. The first-order chi connectivity index (χ1) is 24.5. The van der Waals surface area contributed by atoms with E-state index in [1.807, 2.05) is 116 Å². The smallest absolute Gasteiger partial charge is 0.380 e. The molecule has 6 rings (SSSR count). The van der Waals surface area contributed by atoms with E-state index in [1.54, 1.807) is 6.92 Å². The minimum atomic E-state index is -3.13. The normalized spacial score (nSPS) is 12.3. The number of nitrogens with zero attached hydrogens (tertiary/aromatic N) is 2. The van der Waals surface area contributed by atoms with Crippen LogP contribution in [0.5, 0.6) is 0 Å². The van der Waals surface area contributed by atoms with Crippen LogP contribution in [-0.4, -0.2) is 33.8 Å². The third-order valence-electron chi connectivity index (χ3n) is 8.64. The molecule has 0 amide bonds. The Balaban J connectivity index is 1.41. The number of hydrogen-bond donors (Lipinski definition) is 0. The third-order valence-corrected chi connectivity index (χ3v) is 16.3. The lowest BCUT2D eigenvalue weighted by Crippen LogP contribution is -2.68. The lowest BCUT2D eigenvalue weighted by atomic mass is 10.1. The molecule has 0 aliphatic rings. The molecule has 0 fully saturated rings. The van der Waals surface area contributed by atoms with Crippen molar-refractivity contribution >= 4 is 65.0 Å². The number of carbonyl (C=O) groups excluding carboxylic acids is 1. The molecule has 0 aliphatic carbocycles. The Labute approximate surface area is 296 Å². The van der Waals surface area contributed by atoms with Crippen LogP contribution in [0.1, 0.15) is 26.7 Å². The molecular weight excluding hydrogens is 649 g/mol. The number of ketones is 1. The quantitative estimate of drug-likeness (QED) is 0.0662. The fourth-order valence-corrected chi connectivity index (χ4v) is 13.5. The van der Waals surface area contributed by atoms with E-state index in [4.69, 9.17) is 19.4 Å². The largest absolute Gasteiger partial charge is 0.438 e. The molecular formula is C43H40N2O3Si2. The molecule has 6 aromatic rings. The summed E-state index contributed by atoms with van der Waals surface area (Å²) in [6.45, 7) is 3.50. The minimum Gasteiger partial charge on any atom is -0.438 e. The van der Waals surface area contributed by atoms with Crippen LogP contribution in [-0.2, 0) is 13.8 Å². The zero-order chi connectivity index (χ0) is 34.7. The Hall–Kier alpha value is -5.64. The predicted molar refractivity (Wildman–Crippen MR) is 211 cm³/mol. The topological polar surface area (TPSA) is 60.2 Å². The summed E-state index contributed by atoms with van der Waals surface area (Å²) in [4.78, 5) is 12.7. The van der Waals surface area contributed by atoms with Crippen LogP contribution in [0.15, 0.2) is 192 Å². The summed E-state index contributed by atoms with van der Waals surface area (Å²) in [7, 11) is -6.20. The number of carbonyl (C=O) groups is 1. The van der Waals surface area contributed by atoms with Gasteiger partial charge in [-0.2, -0.15) is 0 Å². The van der Waals surface area contributed by atoms with Crippen LogP contribution in [0, 0.1) is 0 Å². The van der Waals surface area contributed by atoms with E-state index in [0.717, 1.165) is 31.1 Å². The molecule has 0 bridgehead atoms. The van der Waals surface area contributed by atoms with Crippen LogP contribution < -0.4 is 31.1 Å². The van der Waals surface area contributed by atoms with Gasteiger partial charge in [0.15, 0.2) is 0 Å². The molecule has 0 heterocycles. The average molecular weight is 689 g/mol. The van der Waals surface area contributed by atoms with E-state index in [1.165, 1.54) is 0 Å². The monoisotopic (exact) mass is 688 g/mol. The fraction of sp³-hybridized carbons (Fsp3) is 0.0930. The molecule has 0 saturated heterocycles. The summed E-state index contributed by atoms with van der Waals surface area (Å²) in [5.74, 6) is -0.00551. The van der Waals surface area contributed by atoms with Gasteiger partial charge in [0.2, 0.25) is 0 Å². The molecule has 0 aromatic heterocycles. The van der Waals surface area contributed by atoms with Crippen molar-refractivity contribution < 1.29 is 13.8 Å². The van der Waals surface area contributed by atoms with Crippen molar-refractivity contribution in [3.05, 3.63) is 182 Å². The molecule has 0 radical (unpaired) electrons. The summed E-state index contributed by atoms with van der Waals surface area (Å²) in [5, 5.41) is 16.1. The Morgan fingerprint density at radius 2 is 0.680 bits per heavy atom. The molecule has 6 aromatic carbocycles. The van der Waals surface area contributed by atoms with E-state index >= 15 is 0 Å². The van der Waals surface area contributed by atoms with Gasteiger partial charge in [-0.1, -0.05) is 182 Å². The van der Waals surface area contributed by atoms with Crippen LogP contribution in [0.4, 0.5) is 0 Å². The van der Waals surface area contributed by atoms with Crippen molar-refractivity contribution in [3.8, 4) is 0 Å². The number of oxime groups is 2. The lowest BCUT2D eigenvalue weighted by Gasteiger charge is -2.31. The average Bonchev–Trinajstić information content (AvgIpc) is 3.18. The van der Waals surface area contributed by atoms with Gasteiger partial charge in [0, 0.05) is 12.8 Å². The van der Waals surface area contributed by atoms with Crippen LogP contribution in [0.25, 0.3) is 0 Å². The highest BCUT2D eigenvalue weighted by Crippen LogP contribution is 2.14. The van der Waals surface area contributed by atoms with Gasteiger partial charge < -0.3 is 9.05 Å². The first-order valence-corrected chi connectivity index (χ1v) is 20.6. The molecule has 0 N–H and O–H groups in total. The predicted octanol–water partition coefficient (Wildman–Crippen LogP) is 5.45. The molecule has 5 nitrogen and oxygen atoms in total. The maximum atomic E-state index is 12.7. The molecule has 7 heteroatoms. The van der Waals surface area contributed by atoms with Crippen molar-refractivity contribution in [3.63, 3.8) is 0 Å². The van der Waals surface area contributed by atoms with Crippen LogP contribution in [0.3, 0.4) is 0 Å². The Kier molecular flexibility index (Phi) is 11.1. The summed E-state index contributed by atoms with van der Waals surface area (Å²) < 4.78 is 13.8. The first kappa shape index (κ1) is 34.2. The standard InChI is InChI=1S/C43H40N2O3Si2/c1-35(44-47-49(38-21-9-3-10-22-38,39-23-11-4-12-24-39)40-25-13-5-14-26-40)33-37(34-36(2)46)45-48-50(41-27-15-6-16-28-41,42-29-17-7-18-30-42)43-31-19-8-20-32-43/h3-32H,33-34H2,1-2H3/b44-35+,45-37-. The molecule has 0 saturated carbocycles. The summed E-state index contributed by atoms with van der Waals surface area (Å²) in [5.41, 5.74) is 1.29. The van der Waals surface area contributed by atoms with Gasteiger partial charge >= 0.3 is 16.6 Å². The Morgan fingerprint density at radius 1 is 0.420 bits per heavy atom. The fourth-order valence-electron chi connectivity index (χ4n) is 6.37. The second kappa shape index (κ2) is 16.2. The van der Waals surface area contributed by atoms with Gasteiger partial charge in [-0.05, 0) is 45.0 Å². The first-order valence-electron chi connectivity index (χ1n) is 16.8. The van der Waals surface area contributed by atoms with Gasteiger partial charge in [0.05, 0.1) is 11.4 Å². The van der Waals surface area contributed by atoms with Gasteiger partial charge in [-0.25, -0.2) is 0 Å². The SMILES string of the molecule is CC(=O)C/C(C/C(C)=N/O[Si](c1ccccc1)(c1ccccc1)c1ccccc1)=N\O[Si](c1ccccc1)(c1ccccc1)c1ccccc1. The Morgan fingerprint density at radius 3 is 0.940 bits per heavy atom. The maximum absolute atomic E-state index is 12.7. The van der Waals surface area contributed by atoms with Crippen molar-refractivity contribution in [1.29, 1.82) is 0 Å². The highest BCUT2D eigenvalue weighted by atomic mass is 28.4. The van der Waals surface area contributed by atoms with Gasteiger partial charge in [-0.3, -0.25) is 4.79 Å². The highest BCUT2D eigenvalue weighted by molar-refractivity contribution is 7.07. The second-order valence-corrected chi connectivity index (χ2v) is 18.8. The van der Waals surface area contributed by atoms with E-state index in [9.17, 15) is 4.79 Å². The molecule has 0 atom stereocenters. The van der Waals surface area contributed by atoms with Crippen molar-refractivity contribution in [1.82, 2.24) is 0 Å². The molecule has 0 unspecified atom stereocenters. The van der Waals surface area contributed by atoms with Crippen molar-refractivity contribution in [2.45, 2.75) is 26.7 Å². The number of hydrogen-bond acceptors (Lipinski definition) is 5. The van der Waals surface area contributed by atoms with E-state index in [2.05, 4.69) is 72.8 Å². The summed E-state index contributed by atoms with van der Waals surface area (Å²) in [6.07, 6.45) is 0.444. The van der Waals surface area contributed by atoms with Gasteiger partial charge in [0.1, 0.15) is 5.78 Å². The summed E-state index contributed by atoms with van der Waals surface area (Å²) in [6, 6.07) is 61.8. The highest BCUT2D eigenvalue weighted by Gasteiger charge is 2.46. The molecule has 50 heavy (non-hydrogen) atoms. The minimum absolute atomic E-state index is 0.00551. The van der Waals surface area contributed by atoms with Crippen molar-refractivity contribution in [2.75, 3.05) is 0 Å². The molecule has 0 aliphatic heterocycles. The van der Waals surface area contributed by atoms with Crippen LogP contribution >= 0.6 is 0 Å². The zero-order valence-corrected chi connectivity index (χ0v) is 30.4. The van der Waals surface area contributed by atoms with Crippen LogP contribution in [0.2, 0.25) is 0 Å². The maximum Gasteiger partial charge on any atom is 0.380 e. The lowest BCUT2D eigenvalue weighted by molar-refractivity contribution is -0.115. The van der Waals surface area contributed by atoms with Gasteiger partial charge in [0.25, 0.3) is 0 Å². The van der Waals surface area contributed by atoms with E-state index in [-0.39, 0.29) is 12.2 Å². The molecule has 0 spiro atoms. The van der Waals surface area contributed by atoms with Crippen molar-refractivity contribution in [2.24, 2.45) is 10.3 Å². The third kappa shape index (κ3) is 7.49. The second-order valence-electron chi connectivity index (χ2n) is 12.3. The Bertz CT molecular complexity index is 1830.